The summed E-state index contributed by atoms with van der Waals surface area (Å²) in [7, 11) is 0. The van der Waals surface area contributed by atoms with Gasteiger partial charge in [-0.05, 0) is 37.7 Å². The zero-order valence-electron chi connectivity index (χ0n) is 16.2. The van der Waals surface area contributed by atoms with Gasteiger partial charge in [0.25, 0.3) is 0 Å². The fraction of sp³-hybridized carbons (Fsp3) is 0.500. The molecular formula is C22H27NO4. The Morgan fingerprint density at radius 3 is 2.33 bits per heavy atom. The van der Waals surface area contributed by atoms with Crippen LogP contribution in [0.4, 0.5) is 0 Å². The van der Waals surface area contributed by atoms with Crippen LogP contribution >= 0.6 is 0 Å². The minimum absolute atomic E-state index is 0.139. The Labute approximate surface area is 160 Å². The molecule has 2 amide bonds. The average Bonchev–Trinajstić information content (AvgIpc) is 2.89. The van der Waals surface area contributed by atoms with E-state index in [1.807, 2.05) is 57.2 Å². The van der Waals surface area contributed by atoms with Crippen LogP contribution in [-0.4, -0.2) is 28.7 Å². The summed E-state index contributed by atoms with van der Waals surface area (Å²) in [6, 6.07) is 6.89. The Kier molecular flexibility index (Phi) is 5.78. The maximum Gasteiger partial charge on any atom is 0.329 e. The summed E-state index contributed by atoms with van der Waals surface area (Å²) < 4.78 is 5.51. The molecule has 1 aromatic rings. The van der Waals surface area contributed by atoms with Crippen LogP contribution in [0.1, 0.15) is 44.2 Å². The molecule has 3 rings (SSSR count). The second-order valence-corrected chi connectivity index (χ2v) is 7.94. The van der Waals surface area contributed by atoms with E-state index in [4.69, 9.17) is 4.74 Å². The van der Waals surface area contributed by atoms with Crippen molar-refractivity contribution in [2.24, 2.45) is 17.8 Å². The highest BCUT2D eigenvalue weighted by molar-refractivity contribution is 6.08. The van der Waals surface area contributed by atoms with Crippen molar-refractivity contribution >= 4 is 17.8 Å². The van der Waals surface area contributed by atoms with Crippen molar-refractivity contribution in [3.05, 3.63) is 47.5 Å². The molecule has 5 heteroatoms. The molecule has 2 aliphatic rings. The number of hydrogen-bond donors (Lipinski definition) is 0. The van der Waals surface area contributed by atoms with Crippen LogP contribution in [0.15, 0.2) is 36.4 Å². The van der Waals surface area contributed by atoms with Crippen LogP contribution < -0.4 is 0 Å². The summed E-state index contributed by atoms with van der Waals surface area (Å²) in [6.45, 7) is 6.06. The van der Waals surface area contributed by atoms with Gasteiger partial charge >= 0.3 is 5.97 Å². The van der Waals surface area contributed by atoms with Crippen LogP contribution in [0.5, 0.6) is 0 Å². The smallest absolute Gasteiger partial charge is 0.329 e. The van der Waals surface area contributed by atoms with Gasteiger partial charge in [-0.2, -0.15) is 0 Å². The fourth-order valence-electron chi connectivity index (χ4n) is 3.94. The quantitative estimate of drug-likeness (QED) is 0.438. The predicted octanol–water partition coefficient (Wildman–Crippen LogP) is 3.40. The first kappa shape index (κ1) is 19.3. The minimum atomic E-state index is -0.847. The summed E-state index contributed by atoms with van der Waals surface area (Å²) in [4.78, 5) is 39.8. The molecule has 3 atom stereocenters. The zero-order valence-corrected chi connectivity index (χ0v) is 16.2. The molecule has 1 aromatic carbocycles. The lowest BCUT2D eigenvalue weighted by Crippen LogP contribution is -2.47. The number of amides is 2. The number of benzene rings is 1. The standard InChI is InChI=1S/C22H27NO4/c1-14(2)11-19(22(26)27-13-16-8-6-7-15(3)12-16)23-20(24)17-9-4-5-10-18(17)21(23)25/h4-8,12,14,17-19H,9-11,13H2,1-3H3/t17-,18+,19-/m0/s1. The molecule has 0 bridgehead atoms. The topological polar surface area (TPSA) is 63.7 Å². The van der Waals surface area contributed by atoms with Gasteiger partial charge in [0.15, 0.2) is 0 Å². The number of allylic oxidation sites excluding steroid dienone is 2. The number of hydrogen-bond acceptors (Lipinski definition) is 4. The van der Waals surface area contributed by atoms with Crippen LogP contribution in [0, 0.1) is 24.7 Å². The monoisotopic (exact) mass is 369 g/mol. The molecule has 5 nitrogen and oxygen atoms in total. The maximum atomic E-state index is 12.9. The van der Waals surface area contributed by atoms with E-state index >= 15 is 0 Å². The Morgan fingerprint density at radius 1 is 1.15 bits per heavy atom. The lowest BCUT2D eigenvalue weighted by Gasteiger charge is -2.26. The molecule has 0 saturated carbocycles. The Balaban J connectivity index is 1.76. The number of fused-ring (bicyclic) bond motifs is 1. The van der Waals surface area contributed by atoms with Crippen molar-refractivity contribution in [2.45, 2.75) is 52.7 Å². The minimum Gasteiger partial charge on any atom is -0.459 e. The van der Waals surface area contributed by atoms with Crippen molar-refractivity contribution < 1.29 is 19.1 Å². The number of carbonyl (C=O) groups is 3. The highest BCUT2D eigenvalue weighted by Crippen LogP contribution is 2.37. The van der Waals surface area contributed by atoms with Gasteiger partial charge in [-0.1, -0.05) is 55.8 Å². The highest BCUT2D eigenvalue weighted by Gasteiger charge is 2.51. The Hall–Kier alpha value is -2.43. The molecule has 1 heterocycles. The third-order valence-corrected chi connectivity index (χ3v) is 5.28. The molecule has 144 valence electrons. The van der Waals surface area contributed by atoms with E-state index in [0.29, 0.717) is 19.3 Å². The SMILES string of the molecule is Cc1cccc(COC(=O)[C@H](CC(C)C)N2C(=O)[C@H]3CC=CC[C@H]3C2=O)c1. The normalized spacial score (nSPS) is 22.9. The maximum absolute atomic E-state index is 12.9. The molecule has 1 aliphatic carbocycles. The van der Waals surface area contributed by atoms with Crippen molar-refractivity contribution in [3.63, 3.8) is 0 Å². The van der Waals surface area contributed by atoms with Crippen molar-refractivity contribution in [1.29, 1.82) is 0 Å². The number of imide groups is 1. The van der Waals surface area contributed by atoms with Gasteiger partial charge in [0.2, 0.25) is 11.8 Å². The average molecular weight is 369 g/mol. The van der Waals surface area contributed by atoms with E-state index in [2.05, 4.69) is 0 Å². The number of likely N-dealkylation sites (tertiary alicyclic amines) is 1. The Bertz CT molecular complexity index is 741. The highest BCUT2D eigenvalue weighted by atomic mass is 16.5. The number of carbonyl (C=O) groups excluding carboxylic acids is 3. The molecular weight excluding hydrogens is 342 g/mol. The molecule has 1 aliphatic heterocycles. The summed E-state index contributed by atoms with van der Waals surface area (Å²) in [5, 5.41) is 0. The molecule has 0 spiro atoms. The third-order valence-electron chi connectivity index (χ3n) is 5.28. The van der Waals surface area contributed by atoms with Gasteiger partial charge in [-0.25, -0.2) is 4.79 Å². The van der Waals surface area contributed by atoms with Gasteiger partial charge in [-0.15, -0.1) is 0 Å². The van der Waals surface area contributed by atoms with E-state index in [1.165, 1.54) is 4.90 Å². The molecule has 0 radical (unpaired) electrons. The first-order valence-corrected chi connectivity index (χ1v) is 9.62. The fourth-order valence-corrected chi connectivity index (χ4v) is 3.94. The number of nitrogens with zero attached hydrogens (tertiary/aromatic N) is 1. The second-order valence-electron chi connectivity index (χ2n) is 7.94. The zero-order chi connectivity index (χ0) is 19.6. The predicted molar refractivity (Wildman–Crippen MR) is 101 cm³/mol. The number of aryl methyl sites for hydroxylation is 1. The molecule has 0 unspecified atom stereocenters. The number of esters is 1. The summed E-state index contributed by atoms with van der Waals surface area (Å²) >= 11 is 0. The lowest BCUT2D eigenvalue weighted by atomic mass is 9.85. The van der Waals surface area contributed by atoms with Crippen molar-refractivity contribution in [3.8, 4) is 0 Å². The summed E-state index contributed by atoms with van der Waals surface area (Å²) in [6.07, 6.45) is 5.45. The van der Waals surface area contributed by atoms with E-state index in [1.54, 1.807) is 0 Å². The van der Waals surface area contributed by atoms with Crippen molar-refractivity contribution in [1.82, 2.24) is 4.90 Å². The largest absolute Gasteiger partial charge is 0.459 e. The van der Waals surface area contributed by atoms with Crippen LogP contribution in [0.3, 0.4) is 0 Å². The van der Waals surface area contributed by atoms with E-state index < -0.39 is 12.0 Å². The Morgan fingerprint density at radius 2 is 1.78 bits per heavy atom. The van der Waals surface area contributed by atoms with Gasteiger partial charge in [0.05, 0.1) is 11.8 Å². The van der Waals surface area contributed by atoms with E-state index in [9.17, 15) is 14.4 Å². The van der Waals surface area contributed by atoms with Crippen LogP contribution in [0.25, 0.3) is 0 Å². The third kappa shape index (κ3) is 4.12. The number of rotatable bonds is 6. The first-order valence-electron chi connectivity index (χ1n) is 9.62. The summed E-state index contributed by atoms with van der Waals surface area (Å²) in [5.41, 5.74) is 1.98. The van der Waals surface area contributed by atoms with E-state index in [-0.39, 0.29) is 36.2 Å². The molecule has 27 heavy (non-hydrogen) atoms. The first-order chi connectivity index (χ1) is 12.9. The lowest BCUT2D eigenvalue weighted by molar-refractivity contribution is -0.160. The van der Waals surface area contributed by atoms with Crippen LogP contribution in [0.2, 0.25) is 0 Å². The number of ether oxygens (including phenoxy) is 1. The van der Waals surface area contributed by atoms with Crippen LogP contribution in [-0.2, 0) is 25.7 Å². The molecule has 0 aromatic heterocycles. The summed E-state index contributed by atoms with van der Waals surface area (Å²) in [5.74, 6) is -1.47. The second kappa shape index (κ2) is 8.07. The molecule has 0 N–H and O–H groups in total. The van der Waals surface area contributed by atoms with Gasteiger partial charge in [0, 0.05) is 0 Å². The van der Waals surface area contributed by atoms with Gasteiger partial charge < -0.3 is 4.74 Å². The van der Waals surface area contributed by atoms with Gasteiger partial charge in [0.1, 0.15) is 12.6 Å². The van der Waals surface area contributed by atoms with Gasteiger partial charge in [-0.3, -0.25) is 14.5 Å². The van der Waals surface area contributed by atoms with E-state index in [0.717, 1.165) is 11.1 Å². The molecule has 1 fully saturated rings. The van der Waals surface area contributed by atoms with Crippen molar-refractivity contribution in [2.75, 3.05) is 0 Å². The molecule has 1 saturated heterocycles.